The Bertz CT molecular complexity index is 1260. The predicted octanol–water partition coefficient (Wildman–Crippen LogP) is 4.33. The number of halogens is 3. The lowest BCUT2D eigenvalue weighted by Gasteiger charge is -2.10. The van der Waals surface area contributed by atoms with Gasteiger partial charge in [0.1, 0.15) is 12.4 Å². The first-order valence-electron chi connectivity index (χ1n) is 9.46. The molecule has 11 heteroatoms. The molecule has 0 saturated heterocycles. The molecule has 0 fully saturated rings. The van der Waals surface area contributed by atoms with Crippen LogP contribution < -0.4 is 14.8 Å². The van der Waals surface area contributed by atoms with Crippen LogP contribution in [0.15, 0.2) is 54.6 Å². The Labute approximate surface area is 198 Å². The fraction of sp³-hybridized carbons (Fsp3) is 0.143. The van der Waals surface area contributed by atoms with Gasteiger partial charge >= 0.3 is 0 Å². The Morgan fingerprint density at radius 1 is 0.969 bits per heavy atom. The number of benzene rings is 2. The lowest BCUT2D eigenvalue weighted by atomic mass is 10.2. The van der Waals surface area contributed by atoms with Gasteiger partial charge in [-0.05, 0) is 30.3 Å². The summed E-state index contributed by atoms with van der Waals surface area (Å²) in [5.41, 5.74) is 1.26. The van der Waals surface area contributed by atoms with Gasteiger partial charge in [0, 0.05) is 22.7 Å². The summed E-state index contributed by atoms with van der Waals surface area (Å²) in [5, 5.41) is 16.7. The van der Waals surface area contributed by atoms with Gasteiger partial charge in [-0.3, -0.25) is 4.79 Å². The number of rotatable bonds is 8. The minimum Gasteiger partial charge on any atom is -0.482 e. The van der Waals surface area contributed by atoms with E-state index in [1.165, 1.54) is 0 Å². The molecule has 2 heterocycles. The van der Waals surface area contributed by atoms with Crippen LogP contribution in [-0.4, -0.2) is 45.5 Å². The van der Waals surface area contributed by atoms with E-state index in [2.05, 4.69) is 20.6 Å². The van der Waals surface area contributed by atoms with Crippen LogP contribution in [0.25, 0.3) is 17.0 Å². The molecular weight excluding hydrogens is 477 g/mol. The van der Waals surface area contributed by atoms with Crippen molar-refractivity contribution in [1.82, 2.24) is 25.1 Å². The number of carbonyl (C=O) groups excluding carboxylic acids is 1. The second-order valence-corrected chi connectivity index (χ2v) is 7.76. The molecule has 0 bridgehead atoms. The first-order valence-corrected chi connectivity index (χ1v) is 10.6. The molecule has 164 valence electrons. The Morgan fingerprint density at radius 3 is 2.66 bits per heavy atom. The number of nitrogens with one attached hydrogen (secondary N) is 1. The minimum atomic E-state index is -0.326. The molecule has 0 atom stereocenters. The van der Waals surface area contributed by atoms with Crippen LogP contribution in [0.4, 0.5) is 0 Å². The van der Waals surface area contributed by atoms with Crippen molar-refractivity contribution >= 4 is 46.4 Å². The van der Waals surface area contributed by atoms with E-state index in [4.69, 9.17) is 44.3 Å². The monoisotopic (exact) mass is 491 g/mol. The molecular formula is C21H16Cl3N5O3. The molecule has 0 aliphatic heterocycles. The van der Waals surface area contributed by atoms with E-state index < -0.39 is 0 Å². The molecule has 0 radical (unpaired) electrons. The molecule has 2 aromatic carbocycles. The third-order valence-electron chi connectivity index (χ3n) is 4.28. The molecule has 0 spiro atoms. The second kappa shape index (κ2) is 10.0. The molecule has 4 aromatic rings. The zero-order valence-corrected chi connectivity index (χ0v) is 18.7. The van der Waals surface area contributed by atoms with Crippen molar-refractivity contribution < 1.29 is 14.3 Å². The SMILES string of the molecule is O=C(COc1cc(Cl)ccc1Cl)NCCOc1ccc2nnc(-c3ccccc3Cl)n2n1. The number of ether oxygens (including phenoxy) is 2. The fourth-order valence-corrected chi connectivity index (χ4v) is 3.34. The van der Waals surface area contributed by atoms with Crippen molar-refractivity contribution in [2.75, 3.05) is 19.8 Å². The molecule has 0 saturated carbocycles. The lowest BCUT2D eigenvalue weighted by molar-refractivity contribution is -0.123. The first kappa shape index (κ1) is 22.1. The van der Waals surface area contributed by atoms with E-state index in [1.54, 1.807) is 40.9 Å². The lowest BCUT2D eigenvalue weighted by Crippen LogP contribution is -2.32. The maximum Gasteiger partial charge on any atom is 0.258 e. The second-order valence-electron chi connectivity index (χ2n) is 6.51. The smallest absolute Gasteiger partial charge is 0.258 e. The largest absolute Gasteiger partial charge is 0.482 e. The quantitative estimate of drug-likeness (QED) is 0.368. The summed E-state index contributed by atoms with van der Waals surface area (Å²) >= 11 is 18.2. The third kappa shape index (κ3) is 5.21. The van der Waals surface area contributed by atoms with Crippen molar-refractivity contribution in [3.05, 3.63) is 69.7 Å². The average molecular weight is 493 g/mol. The summed E-state index contributed by atoms with van der Waals surface area (Å²) in [6.45, 7) is 0.253. The maximum atomic E-state index is 12.0. The van der Waals surface area contributed by atoms with E-state index >= 15 is 0 Å². The standard InChI is InChI=1S/C21H16Cl3N5O3/c22-13-5-6-16(24)17(11-13)32-12-19(30)25-9-10-31-20-8-7-18-26-27-21(29(18)28-20)14-3-1-2-4-15(14)23/h1-8,11H,9-10,12H2,(H,25,30). The summed E-state index contributed by atoms with van der Waals surface area (Å²) in [4.78, 5) is 12.0. The molecule has 0 unspecified atom stereocenters. The van der Waals surface area contributed by atoms with Crippen LogP contribution in [0.3, 0.4) is 0 Å². The van der Waals surface area contributed by atoms with Gasteiger partial charge in [-0.1, -0.05) is 46.9 Å². The average Bonchev–Trinajstić information content (AvgIpc) is 3.21. The van der Waals surface area contributed by atoms with Crippen LogP contribution in [0.5, 0.6) is 11.6 Å². The summed E-state index contributed by atoms with van der Waals surface area (Å²) < 4.78 is 12.6. The highest BCUT2D eigenvalue weighted by Gasteiger charge is 2.13. The Balaban J connectivity index is 1.31. The Hall–Kier alpha value is -3.07. The fourth-order valence-electron chi connectivity index (χ4n) is 2.79. The summed E-state index contributed by atoms with van der Waals surface area (Å²) in [7, 11) is 0. The minimum absolute atomic E-state index is 0.200. The Kier molecular flexibility index (Phi) is 6.94. The van der Waals surface area contributed by atoms with Gasteiger partial charge in [0.25, 0.3) is 5.91 Å². The van der Waals surface area contributed by atoms with E-state index in [1.807, 2.05) is 18.2 Å². The van der Waals surface area contributed by atoms with Gasteiger partial charge in [-0.15, -0.1) is 15.3 Å². The maximum absolute atomic E-state index is 12.0. The van der Waals surface area contributed by atoms with Crippen LogP contribution >= 0.6 is 34.8 Å². The first-order chi connectivity index (χ1) is 15.5. The highest BCUT2D eigenvalue weighted by molar-refractivity contribution is 6.34. The van der Waals surface area contributed by atoms with Crippen molar-refractivity contribution in [1.29, 1.82) is 0 Å². The van der Waals surface area contributed by atoms with Crippen LogP contribution in [0.1, 0.15) is 0 Å². The third-order valence-corrected chi connectivity index (χ3v) is 5.16. The highest BCUT2D eigenvalue weighted by atomic mass is 35.5. The van der Waals surface area contributed by atoms with Crippen molar-refractivity contribution in [3.63, 3.8) is 0 Å². The summed E-state index contributed by atoms with van der Waals surface area (Å²) in [5.74, 6) is 0.863. The molecule has 1 amide bonds. The van der Waals surface area contributed by atoms with Gasteiger partial charge < -0.3 is 14.8 Å². The number of nitrogens with zero attached hydrogens (tertiary/aromatic N) is 4. The van der Waals surface area contributed by atoms with Gasteiger partial charge in [0.15, 0.2) is 18.1 Å². The molecule has 4 rings (SSSR count). The van der Waals surface area contributed by atoms with Crippen molar-refractivity contribution in [3.8, 4) is 23.0 Å². The van der Waals surface area contributed by atoms with Crippen LogP contribution in [-0.2, 0) is 4.79 Å². The zero-order chi connectivity index (χ0) is 22.5. The molecule has 0 aliphatic rings. The van der Waals surface area contributed by atoms with Crippen molar-refractivity contribution in [2.24, 2.45) is 0 Å². The van der Waals surface area contributed by atoms with E-state index in [-0.39, 0.29) is 25.7 Å². The number of hydrogen-bond donors (Lipinski definition) is 1. The van der Waals surface area contributed by atoms with Gasteiger partial charge in [0.05, 0.1) is 16.6 Å². The van der Waals surface area contributed by atoms with Gasteiger partial charge in [-0.2, -0.15) is 4.52 Å². The molecule has 8 nitrogen and oxygen atoms in total. The predicted molar refractivity (Wildman–Crippen MR) is 122 cm³/mol. The number of carbonyl (C=O) groups is 1. The van der Waals surface area contributed by atoms with Crippen LogP contribution in [0.2, 0.25) is 15.1 Å². The topological polar surface area (TPSA) is 90.6 Å². The number of amides is 1. The molecule has 0 aliphatic carbocycles. The normalized spacial score (nSPS) is 10.8. The zero-order valence-electron chi connectivity index (χ0n) is 16.5. The molecule has 1 N–H and O–H groups in total. The van der Waals surface area contributed by atoms with Gasteiger partial charge in [0.2, 0.25) is 5.88 Å². The van der Waals surface area contributed by atoms with Crippen molar-refractivity contribution in [2.45, 2.75) is 0 Å². The number of fused-ring (bicyclic) bond motifs is 1. The van der Waals surface area contributed by atoms with E-state index in [9.17, 15) is 4.79 Å². The molecule has 32 heavy (non-hydrogen) atoms. The molecule has 2 aromatic heterocycles. The van der Waals surface area contributed by atoms with E-state index in [0.717, 1.165) is 0 Å². The summed E-state index contributed by atoms with van der Waals surface area (Å²) in [6.07, 6.45) is 0. The number of hydrogen-bond acceptors (Lipinski definition) is 6. The summed E-state index contributed by atoms with van der Waals surface area (Å²) in [6, 6.07) is 15.5. The van der Waals surface area contributed by atoms with Gasteiger partial charge in [-0.25, -0.2) is 0 Å². The highest BCUT2D eigenvalue weighted by Crippen LogP contribution is 2.28. The number of aromatic nitrogens is 4. The van der Waals surface area contributed by atoms with E-state index in [0.29, 0.717) is 43.7 Å². The van der Waals surface area contributed by atoms with Crippen LogP contribution in [0, 0.1) is 0 Å². The Morgan fingerprint density at radius 2 is 1.81 bits per heavy atom.